The minimum atomic E-state index is 0.153. The SMILES string of the molecule is Cc1ccc(C(C)(C)C)cc1-c1nc(C)c(N)s1. The van der Waals surface area contributed by atoms with Crippen LogP contribution in [0.25, 0.3) is 10.6 Å². The van der Waals surface area contributed by atoms with Crippen LogP contribution in [0.4, 0.5) is 5.00 Å². The summed E-state index contributed by atoms with van der Waals surface area (Å²) in [6.45, 7) is 10.8. The molecule has 3 heteroatoms. The third-order valence-corrected chi connectivity index (χ3v) is 4.19. The Hall–Kier alpha value is -1.35. The van der Waals surface area contributed by atoms with Gasteiger partial charge in [0.05, 0.1) is 5.69 Å². The molecule has 0 amide bonds. The molecule has 2 N–H and O–H groups in total. The molecular formula is C15H20N2S. The van der Waals surface area contributed by atoms with E-state index in [1.54, 1.807) is 11.3 Å². The Morgan fingerprint density at radius 3 is 2.33 bits per heavy atom. The van der Waals surface area contributed by atoms with Crippen LogP contribution in [0.3, 0.4) is 0 Å². The largest absolute Gasteiger partial charge is 0.389 e. The van der Waals surface area contributed by atoms with E-state index in [1.807, 2.05) is 6.92 Å². The number of hydrogen-bond acceptors (Lipinski definition) is 3. The molecule has 2 rings (SSSR count). The average molecular weight is 260 g/mol. The summed E-state index contributed by atoms with van der Waals surface area (Å²) in [5.74, 6) is 0. The van der Waals surface area contributed by atoms with Crippen LogP contribution in [0, 0.1) is 13.8 Å². The van der Waals surface area contributed by atoms with Crippen LogP contribution in [-0.2, 0) is 5.41 Å². The first-order valence-corrected chi connectivity index (χ1v) is 6.95. The molecule has 1 heterocycles. The zero-order chi connectivity index (χ0) is 13.5. The molecule has 2 nitrogen and oxygen atoms in total. The van der Waals surface area contributed by atoms with Crippen molar-refractivity contribution in [2.24, 2.45) is 0 Å². The molecule has 0 atom stereocenters. The lowest BCUT2D eigenvalue weighted by atomic mass is 9.85. The van der Waals surface area contributed by atoms with Gasteiger partial charge in [0.2, 0.25) is 0 Å². The van der Waals surface area contributed by atoms with Crippen molar-refractivity contribution in [1.29, 1.82) is 0 Å². The minimum Gasteiger partial charge on any atom is -0.389 e. The number of nitrogens with two attached hydrogens (primary N) is 1. The molecule has 0 fully saturated rings. The number of hydrogen-bond donors (Lipinski definition) is 1. The van der Waals surface area contributed by atoms with Gasteiger partial charge in [0.15, 0.2) is 0 Å². The van der Waals surface area contributed by atoms with Crippen molar-refractivity contribution >= 4 is 16.3 Å². The molecule has 0 aliphatic carbocycles. The smallest absolute Gasteiger partial charge is 0.125 e. The Labute approximate surface area is 113 Å². The van der Waals surface area contributed by atoms with Gasteiger partial charge >= 0.3 is 0 Å². The maximum Gasteiger partial charge on any atom is 0.125 e. The van der Waals surface area contributed by atoms with E-state index in [0.717, 1.165) is 15.7 Å². The minimum absolute atomic E-state index is 0.153. The van der Waals surface area contributed by atoms with E-state index in [0.29, 0.717) is 0 Å². The van der Waals surface area contributed by atoms with Crippen molar-refractivity contribution in [2.75, 3.05) is 5.73 Å². The van der Waals surface area contributed by atoms with E-state index in [2.05, 4.69) is 50.9 Å². The number of nitrogens with zero attached hydrogens (tertiary/aromatic N) is 1. The second kappa shape index (κ2) is 4.39. The number of rotatable bonds is 1. The second-order valence-corrected chi connectivity index (χ2v) is 6.78. The van der Waals surface area contributed by atoms with Gasteiger partial charge in [-0.15, -0.1) is 0 Å². The monoisotopic (exact) mass is 260 g/mol. The Bertz CT molecular complexity index is 557. The number of nitrogen functional groups attached to an aromatic ring is 1. The fourth-order valence-electron chi connectivity index (χ4n) is 1.84. The van der Waals surface area contributed by atoms with Crippen molar-refractivity contribution in [2.45, 2.75) is 40.0 Å². The lowest BCUT2D eigenvalue weighted by Gasteiger charge is -2.20. The van der Waals surface area contributed by atoms with E-state index in [4.69, 9.17) is 5.73 Å². The maximum atomic E-state index is 5.91. The predicted molar refractivity (Wildman–Crippen MR) is 80.1 cm³/mol. The first-order chi connectivity index (χ1) is 8.29. The third kappa shape index (κ3) is 2.41. The highest BCUT2D eigenvalue weighted by atomic mass is 32.1. The standard InChI is InChI=1S/C15H20N2S/c1-9-6-7-11(15(3,4)5)8-12(9)14-17-10(2)13(16)18-14/h6-8H,16H2,1-5H3. The molecule has 0 spiro atoms. The van der Waals surface area contributed by atoms with E-state index < -0.39 is 0 Å². The number of thiazole rings is 1. The van der Waals surface area contributed by atoms with Crippen molar-refractivity contribution in [3.63, 3.8) is 0 Å². The molecule has 1 aromatic carbocycles. The van der Waals surface area contributed by atoms with Gasteiger partial charge in [-0.25, -0.2) is 4.98 Å². The van der Waals surface area contributed by atoms with Crippen LogP contribution < -0.4 is 5.73 Å². The zero-order valence-corrected chi connectivity index (χ0v) is 12.5. The number of anilines is 1. The summed E-state index contributed by atoms with van der Waals surface area (Å²) in [7, 11) is 0. The van der Waals surface area contributed by atoms with Crippen LogP contribution in [0.15, 0.2) is 18.2 Å². The average Bonchev–Trinajstić information content (AvgIpc) is 2.58. The van der Waals surface area contributed by atoms with Gasteiger partial charge in [-0.05, 0) is 36.5 Å². The summed E-state index contributed by atoms with van der Waals surface area (Å²) in [6.07, 6.45) is 0. The summed E-state index contributed by atoms with van der Waals surface area (Å²) in [4.78, 5) is 4.56. The van der Waals surface area contributed by atoms with E-state index in [1.165, 1.54) is 16.7 Å². The topological polar surface area (TPSA) is 38.9 Å². The fourth-order valence-corrected chi connectivity index (χ4v) is 2.76. The number of aryl methyl sites for hydroxylation is 2. The Morgan fingerprint density at radius 2 is 1.83 bits per heavy atom. The molecule has 2 aromatic rings. The normalized spacial score (nSPS) is 11.8. The molecule has 0 saturated heterocycles. The van der Waals surface area contributed by atoms with E-state index in [9.17, 15) is 0 Å². The van der Waals surface area contributed by atoms with Gasteiger partial charge < -0.3 is 5.73 Å². The molecular weight excluding hydrogens is 240 g/mol. The van der Waals surface area contributed by atoms with Crippen LogP contribution >= 0.6 is 11.3 Å². The number of benzene rings is 1. The van der Waals surface area contributed by atoms with Crippen LogP contribution in [0.5, 0.6) is 0 Å². The second-order valence-electron chi connectivity index (χ2n) is 5.75. The van der Waals surface area contributed by atoms with Gasteiger partial charge in [0, 0.05) is 5.56 Å². The molecule has 0 aliphatic rings. The molecule has 18 heavy (non-hydrogen) atoms. The molecule has 96 valence electrons. The molecule has 0 unspecified atom stereocenters. The first kappa shape index (κ1) is 13.1. The Balaban J connectivity index is 2.56. The molecule has 1 aromatic heterocycles. The lowest BCUT2D eigenvalue weighted by Crippen LogP contribution is -2.11. The summed E-state index contributed by atoms with van der Waals surface area (Å²) in [5, 5.41) is 1.83. The molecule has 0 aliphatic heterocycles. The zero-order valence-electron chi connectivity index (χ0n) is 11.7. The van der Waals surface area contributed by atoms with E-state index in [-0.39, 0.29) is 5.41 Å². The predicted octanol–water partition coefficient (Wildman–Crippen LogP) is 4.31. The highest BCUT2D eigenvalue weighted by Gasteiger charge is 2.16. The van der Waals surface area contributed by atoms with Gasteiger partial charge in [-0.2, -0.15) is 0 Å². The number of aromatic nitrogens is 1. The molecule has 0 radical (unpaired) electrons. The van der Waals surface area contributed by atoms with Crippen LogP contribution in [-0.4, -0.2) is 4.98 Å². The van der Waals surface area contributed by atoms with Crippen LogP contribution in [0.2, 0.25) is 0 Å². The van der Waals surface area contributed by atoms with Crippen molar-refractivity contribution < 1.29 is 0 Å². The van der Waals surface area contributed by atoms with Crippen molar-refractivity contribution in [3.8, 4) is 10.6 Å². The highest BCUT2D eigenvalue weighted by Crippen LogP contribution is 2.34. The van der Waals surface area contributed by atoms with Crippen LogP contribution in [0.1, 0.15) is 37.6 Å². The van der Waals surface area contributed by atoms with Gasteiger partial charge in [0.1, 0.15) is 10.0 Å². The first-order valence-electron chi connectivity index (χ1n) is 6.13. The summed E-state index contributed by atoms with van der Waals surface area (Å²) in [5.41, 5.74) is 10.8. The summed E-state index contributed by atoms with van der Waals surface area (Å²) >= 11 is 1.57. The lowest BCUT2D eigenvalue weighted by molar-refractivity contribution is 0.590. The fraction of sp³-hybridized carbons (Fsp3) is 0.400. The maximum absolute atomic E-state index is 5.91. The Kier molecular flexibility index (Phi) is 3.20. The summed E-state index contributed by atoms with van der Waals surface area (Å²) in [6, 6.07) is 6.61. The van der Waals surface area contributed by atoms with Gasteiger partial charge in [-0.3, -0.25) is 0 Å². The van der Waals surface area contributed by atoms with Crippen molar-refractivity contribution in [3.05, 3.63) is 35.0 Å². The summed E-state index contributed by atoms with van der Waals surface area (Å²) < 4.78 is 0. The molecule has 0 saturated carbocycles. The third-order valence-electron chi connectivity index (χ3n) is 3.17. The quantitative estimate of drug-likeness (QED) is 0.830. The van der Waals surface area contributed by atoms with Gasteiger partial charge in [-0.1, -0.05) is 44.2 Å². The van der Waals surface area contributed by atoms with Gasteiger partial charge in [0.25, 0.3) is 0 Å². The Morgan fingerprint density at radius 1 is 1.17 bits per heavy atom. The van der Waals surface area contributed by atoms with Crippen molar-refractivity contribution in [1.82, 2.24) is 4.98 Å². The highest BCUT2D eigenvalue weighted by molar-refractivity contribution is 7.18. The van der Waals surface area contributed by atoms with E-state index >= 15 is 0 Å². The molecule has 0 bridgehead atoms.